The molecule has 5 nitrogen and oxygen atoms in total. The van der Waals surface area contributed by atoms with Crippen molar-refractivity contribution >= 4 is 40.0 Å². The van der Waals surface area contributed by atoms with Gasteiger partial charge in [-0.05, 0) is 23.6 Å². The first-order valence-electron chi connectivity index (χ1n) is 5.07. The average Bonchev–Trinajstić information content (AvgIpc) is 2.72. The number of halogens is 1. The largest absolute Gasteiger partial charge is 0.398 e. The van der Waals surface area contributed by atoms with Crippen molar-refractivity contribution < 1.29 is 4.92 Å². The van der Waals surface area contributed by atoms with Crippen LogP contribution in [0.5, 0.6) is 0 Å². The zero-order chi connectivity index (χ0) is 13.1. The van der Waals surface area contributed by atoms with E-state index in [9.17, 15) is 10.1 Å². The van der Waals surface area contributed by atoms with E-state index in [0.29, 0.717) is 6.54 Å². The van der Waals surface area contributed by atoms with Crippen LogP contribution in [0.25, 0.3) is 0 Å². The summed E-state index contributed by atoms with van der Waals surface area (Å²) in [6.45, 7) is 0.567. The van der Waals surface area contributed by atoms with Crippen molar-refractivity contribution in [3.63, 3.8) is 0 Å². The quantitative estimate of drug-likeness (QED) is 0.664. The first-order chi connectivity index (χ1) is 8.58. The molecule has 0 unspecified atom stereocenters. The van der Waals surface area contributed by atoms with Gasteiger partial charge >= 0.3 is 0 Å². The monoisotopic (exact) mass is 283 g/mol. The Bertz CT molecular complexity index is 585. The molecule has 0 aliphatic rings. The molecule has 2 rings (SSSR count). The Morgan fingerprint density at radius 1 is 1.44 bits per heavy atom. The molecular formula is C11H10ClN3O2S. The molecule has 1 heterocycles. The highest BCUT2D eigenvalue weighted by atomic mass is 35.5. The highest BCUT2D eigenvalue weighted by Gasteiger charge is 2.12. The van der Waals surface area contributed by atoms with Gasteiger partial charge in [0.05, 0.1) is 11.5 Å². The van der Waals surface area contributed by atoms with Gasteiger partial charge in [-0.1, -0.05) is 11.6 Å². The molecule has 0 radical (unpaired) electrons. The molecule has 2 aromatic rings. The number of rotatable bonds is 4. The second-order valence-corrected chi connectivity index (χ2v) is 4.98. The molecule has 0 saturated heterocycles. The molecule has 1 aromatic carbocycles. The molecule has 0 saturated carbocycles. The van der Waals surface area contributed by atoms with Crippen molar-refractivity contribution in [3.05, 3.63) is 49.7 Å². The summed E-state index contributed by atoms with van der Waals surface area (Å²) in [6.07, 6.45) is 0. The molecule has 94 valence electrons. The van der Waals surface area contributed by atoms with E-state index < -0.39 is 4.92 Å². The molecule has 7 heteroatoms. The molecule has 0 fully saturated rings. The minimum atomic E-state index is -0.511. The number of thiophene rings is 1. The van der Waals surface area contributed by atoms with Gasteiger partial charge in [0.2, 0.25) is 0 Å². The van der Waals surface area contributed by atoms with Crippen LogP contribution >= 0.6 is 22.9 Å². The van der Waals surface area contributed by atoms with Gasteiger partial charge in [0.1, 0.15) is 5.02 Å². The molecule has 0 spiro atoms. The fraction of sp³-hybridized carbons (Fsp3) is 0.0909. The van der Waals surface area contributed by atoms with Gasteiger partial charge in [-0.3, -0.25) is 10.1 Å². The number of nitro benzene ring substituents is 1. The second-order valence-electron chi connectivity index (χ2n) is 3.58. The molecule has 3 N–H and O–H groups in total. The maximum absolute atomic E-state index is 10.6. The molecule has 18 heavy (non-hydrogen) atoms. The summed E-state index contributed by atoms with van der Waals surface area (Å²) in [5, 5.41) is 15.8. The minimum Gasteiger partial charge on any atom is -0.398 e. The Kier molecular flexibility index (Phi) is 3.69. The van der Waals surface area contributed by atoms with E-state index in [2.05, 4.69) is 5.32 Å². The van der Waals surface area contributed by atoms with Crippen LogP contribution in [0.4, 0.5) is 17.1 Å². The van der Waals surface area contributed by atoms with E-state index in [-0.39, 0.29) is 10.7 Å². The summed E-state index contributed by atoms with van der Waals surface area (Å²) in [5.41, 5.74) is 7.11. The number of anilines is 2. The van der Waals surface area contributed by atoms with E-state index in [1.54, 1.807) is 17.4 Å². The Hall–Kier alpha value is -1.79. The molecule has 0 bridgehead atoms. The summed E-state index contributed by atoms with van der Waals surface area (Å²) in [7, 11) is 0. The number of nitrogens with one attached hydrogen (secondary N) is 1. The Labute approximate surface area is 112 Å². The summed E-state index contributed by atoms with van der Waals surface area (Å²) < 4.78 is 0. The zero-order valence-electron chi connectivity index (χ0n) is 9.22. The van der Waals surface area contributed by atoms with Crippen LogP contribution < -0.4 is 11.1 Å². The summed E-state index contributed by atoms with van der Waals surface area (Å²) in [5.74, 6) is 0. The fourth-order valence-electron chi connectivity index (χ4n) is 1.44. The normalized spacial score (nSPS) is 10.3. The van der Waals surface area contributed by atoms with Crippen molar-refractivity contribution in [2.24, 2.45) is 0 Å². The number of nitrogens with two attached hydrogens (primary N) is 1. The van der Waals surface area contributed by atoms with Crippen LogP contribution in [0.3, 0.4) is 0 Å². The van der Waals surface area contributed by atoms with Crippen LogP contribution in [0.1, 0.15) is 4.88 Å². The Balaban J connectivity index is 2.09. The lowest BCUT2D eigenvalue weighted by Gasteiger charge is -2.06. The van der Waals surface area contributed by atoms with Crippen molar-refractivity contribution in [3.8, 4) is 0 Å². The van der Waals surface area contributed by atoms with Gasteiger partial charge < -0.3 is 11.1 Å². The number of hydrogen-bond donors (Lipinski definition) is 2. The van der Waals surface area contributed by atoms with Gasteiger partial charge in [0.15, 0.2) is 0 Å². The third-order valence-corrected chi connectivity index (χ3v) is 3.62. The van der Waals surface area contributed by atoms with Crippen LogP contribution in [0.2, 0.25) is 5.02 Å². The van der Waals surface area contributed by atoms with Gasteiger partial charge in [0, 0.05) is 22.3 Å². The van der Waals surface area contributed by atoms with Crippen LogP contribution in [-0.4, -0.2) is 4.92 Å². The summed E-state index contributed by atoms with van der Waals surface area (Å²) in [6, 6.07) is 6.37. The van der Waals surface area contributed by atoms with Gasteiger partial charge in [-0.2, -0.15) is 0 Å². The predicted molar refractivity (Wildman–Crippen MR) is 74.2 cm³/mol. The van der Waals surface area contributed by atoms with Crippen molar-refractivity contribution in [2.75, 3.05) is 11.1 Å². The maximum atomic E-state index is 10.6. The summed E-state index contributed by atoms with van der Waals surface area (Å²) in [4.78, 5) is 11.1. The van der Waals surface area contributed by atoms with Gasteiger partial charge in [-0.15, -0.1) is 11.3 Å². The molecule has 1 aromatic heterocycles. The number of nitrogen functional groups attached to an aromatic ring is 1. The zero-order valence-corrected chi connectivity index (χ0v) is 10.8. The Morgan fingerprint density at radius 3 is 2.78 bits per heavy atom. The fourth-order valence-corrected chi connectivity index (χ4v) is 2.43. The number of nitro groups is 1. The number of nitrogens with zero attached hydrogens (tertiary/aromatic N) is 1. The molecule has 0 aliphatic carbocycles. The highest BCUT2D eigenvalue weighted by Crippen LogP contribution is 2.28. The van der Waals surface area contributed by atoms with E-state index in [1.165, 1.54) is 12.1 Å². The number of benzene rings is 1. The molecule has 0 aliphatic heterocycles. The van der Waals surface area contributed by atoms with E-state index in [4.69, 9.17) is 17.3 Å². The van der Waals surface area contributed by atoms with Crippen LogP contribution in [0, 0.1) is 10.1 Å². The first-order valence-corrected chi connectivity index (χ1v) is 6.33. The lowest BCUT2D eigenvalue weighted by atomic mass is 10.2. The van der Waals surface area contributed by atoms with E-state index in [1.807, 2.05) is 11.4 Å². The predicted octanol–water partition coefficient (Wildman–Crippen LogP) is 3.50. The van der Waals surface area contributed by atoms with E-state index in [0.717, 1.165) is 16.3 Å². The maximum Gasteiger partial charge on any atom is 0.288 e. The van der Waals surface area contributed by atoms with Crippen molar-refractivity contribution in [1.29, 1.82) is 0 Å². The lowest BCUT2D eigenvalue weighted by Crippen LogP contribution is -2.00. The summed E-state index contributed by atoms with van der Waals surface area (Å²) >= 11 is 7.36. The lowest BCUT2D eigenvalue weighted by molar-refractivity contribution is -0.384. The standard InChI is InChI=1S/C11H10ClN3O2S/c12-8-5-7(1-2-10(8)15(16)17)14-6-11-9(13)3-4-18-11/h1-5,14H,6,13H2. The smallest absolute Gasteiger partial charge is 0.288 e. The third kappa shape index (κ3) is 2.72. The SMILES string of the molecule is Nc1ccsc1CNc1ccc([N+](=O)[O-])c(Cl)c1. The number of hydrogen-bond acceptors (Lipinski definition) is 5. The van der Waals surface area contributed by atoms with Crippen molar-refractivity contribution in [1.82, 2.24) is 0 Å². The first kappa shape index (κ1) is 12.7. The van der Waals surface area contributed by atoms with Crippen LogP contribution in [-0.2, 0) is 6.54 Å². The third-order valence-electron chi connectivity index (χ3n) is 2.38. The van der Waals surface area contributed by atoms with Crippen molar-refractivity contribution in [2.45, 2.75) is 6.54 Å². The highest BCUT2D eigenvalue weighted by molar-refractivity contribution is 7.10. The Morgan fingerprint density at radius 2 is 2.22 bits per heavy atom. The second kappa shape index (κ2) is 5.24. The van der Waals surface area contributed by atoms with Crippen LogP contribution in [0.15, 0.2) is 29.6 Å². The minimum absolute atomic E-state index is 0.0992. The molecular weight excluding hydrogens is 274 g/mol. The van der Waals surface area contributed by atoms with Gasteiger partial charge in [0.25, 0.3) is 5.69 Å². The molecule has 0 amide bonds. The van der Waals surface area contributed by atoms with Gasteiger partial charge in [-0.25, -0.2) is 0 Å². The molecule has 0 atom stereocenters. The van der Waals surface area contributed by atoms with E-state index >= 15 is 0 Å². The average molecular weight is 284 g/mol. The topological polar surface area (TPSA) is 81.2 Å².